The number of hydrogen-bond acceptors (Lipinski definition) is 7. The lowest BCUT2D eigenvalue weighted by Crippen LogP contribution is -2.38. The lowest BCUT2D eigenvalue weighted by molar-refractivity contribution is -0.127. The molecular formula is C20H27NO9S. The first-order valence-corrected chi connectivity index (χ1v) is 11.7. The van der Waals surface area contributed by atoms with Crippen LogP contribution in [0.1, 0.15) is 36.2 Å². The van der Waals surface area contributed by atoms with Crippen LogP contribution in [0.2, 0.25) is 0 Å². The molecule has 6 N–H and O–H groups in total. The highest BCUT2D eigenvalue weighted by Gasteiger charge is 2.27. The number of phenols is 1. The molecule has 31 heavy (non-hydrogen) atoms. The minimum Gasteiger partial charge on any atom is -0.507 e. The molecule has 1 aliphatic heterocycles. The van der Waals surface area contributed by atoms with E-state index in [1.54, 1.807) is 13.8 Å². The zero-order chi connectivity index (χ0) is 23.6. The smallest absolute Gasteiger partial charge is 0.342 e. The molecule has 0 fully saturated rings. The molecule has 0 saturated heterocycles. The molecule has 0 saturated carbocycles. The van der Waals surface area contributed by atoms with E-state index in [9.17, 15) is 38.2 Å². The molecule has 0 radical (unpaired) electrons. The van der Waals surface area contributed by atoms with Gasteiger partial charge in [-0.15, -0.1) is 0 Å². The number of ether oxygens (including phenoxy) is 1. The molecule has 1 aromatic carbocycles. The number of benzene rings is 1. The van der Waals surface area contributed by atoms with Crippen LogP contribution in [0, 0.1) is 5.92 Å². The molecule has 1 aromatic rings. The standard InChI is InChI=1S/C20H27NO9S/c1-11-7-8-16(23)19(25)15(22)6-4-5-13-9-14(21-31(3,27,28)29)10-17(24)18(13)20(26)30-12(11)2/h4-5,7-12,15,19,22,24-25H,6H2,1-3H3,(H3,21,27,28,29)/b5-4+,8-7-/t11-,12-,15-,19-/m0/s1. The second-order valence-electron chi connectivity index (χ2n) is 7.68. The summed E-state index contributed by atoms with van der Waals surface area (Å²) >= 11 is 0. The van der Waals surface area contributed by atoms with E-state index in [1.165, 1.54) is 24.3 Å². The molecule has 0 aromatic heterocycles. The molecule has 172 valence electrons. The number of cyclic esters (lactones) is 1. The average Bonchev–Trinajstić information content (AvgIpc) is 2.61. The number of anilines is 1. The van der Waals surface area contributed by atoms with Gasteiger partial charge < -0.3 is 20.1 Å². The van der Waals surface area contributed by atoms with Gasteiger partial charge in [0.1, 0.15) is 23.5 Å². The van der Waals surface area contributed by atoms with E-state index in [4.69, 9.17) is 4.74 Å². The maximum absolute atomic E-state index is 12.7. The van der Waals surface area contributed by atoms with Crippen molar-refractivity contribution in [3.05, 3.63) is 41.5 Å². The Labute approximate surface area is 179 Å². The van der Waals surface area contributed by atoms with E-state index in [1.807, 2.05) is 4.72 Å². The summed E-state index contributed by atoms with van der Waals surface area (Å²) in [4.78, 5) is 24.7. The normalized spacial score (nSPS) is 28.9. The summed E-state index contributed by atoms with van der Waals surface area (Å²) in [5.41, 5.74) is -0.368. The first-order chi connectivity index (χ1) is 14.1. The molecule has 1 aliphatic rings. The lowest BCUT2D eigenvalue weighted by atomic mass is 9.99. The Morgan fingerprint density at radius 1 is 1.13 bits per heavy atom. The number of hydrogen-bond donors (Lipinski definition) is 6. The topological polar surface area (TPSA) is 174 Å². The van der Waals surface area contributed by atoms with Crippen molar-refractivity contribution in [3.63, 3.8) is 0 Å². The van der Waals surface area contributed by atoms with Gasteiger partial charge in [-0.2, -0.15) is 0 Å². The predicted molar refractivity (Wildman–Crippen MR) is 115 cm³/mol. The Morgan fingerprint density at radius 3 is 2.39 bits per heavy atom. The van der Waals surface area contributed by atoms with Gasteiger partial charge in [0, 0.05) is 12.0 Å². The third-order valence-corrected chi connectivity index (χ3v) is 5.34. The molecule has 10 nitrogen and oxygen atoms in total. The maximum Gasteiger partial charge on any atom is 0.342 e. The minimum absolute atomic E-state index is 0.0459. The van der Waals surface area contributed by atoms with Crippen LogP contribution in [0.5, 0.6) is 5.75 Å². The van der Waals surface area contributed by atoms with Crippen LogP contribution in [0.25, 0.3) is 6.08 Å². The van der Waals surface area contributed by atoms with E-state index < -0.39 is 51.5 Å². The molecule has 0 aliphatic carbocycles. The third-order valence-electron chi connectivity index (χ3n) is 4.63. The number of phenolic OH excluding ortho intramolecular Hbond substituents is 1. The van der Waals surface area contributed by atoms with Crippen LogP contribution in [-0.4, -0.2) is 65.0 Å². The number of ketones is 1. The Morgan fingerprint density at radius 2 is 1.77 bits per heavy atom. The summed E-state index contributed by atoms with van der Waals surface area (Å²) < 4.78 is 38.2. The van der Waals surface area contributed by atoms with Crippen LogP contribution >= 0.6 is 0 Å². The maximum atomic E-state index is 12.7. The summed E-state index contributed by atoms with van der Waals surface area (Å²) in [5.74, 6) is -2.61. The van der Waals surface area contributed by atoms with E-state index in [0.717, 1.165) is 12.1 Å². The molecule has 1 heterocycles. The quantitative estimate of drug-likeness (QED) is 0.360. The number of esters is 1. The highest BCUT2D eigenvalue weighted by Crippen LogP contribution is 2.31. The number of rotatable bonds is 2. The van der Waals surface area contributed by atoms with Gasteiger partial charge in [-0.3, -0.25) is 18.6 Å². The highest BCUT2D eigenvalue weighted by molar-refractivity contribution is 8.10. The average molecular weight is 458 g/mol. The summed E-state index contributed by atoms with van der Waals surface area (Å²) in [6.07, 6.45) is 1.87. The summed E-state index contributed by atoms with van der Waals surface area (Å²) in [6, 6.07) is 2.19. The Kier molecular flexibility index (Phi) is 7.08. The Bertz CT molecular complexity index is 984. The second-order valence-corrected chi connectivity index (χ2v) is 10.3. The van der Waals surface area contributed by atoms with Crippen molar-refractivity contribution in [2.75, 3.05) is 11.0 Å². The van der Waals surface area contributed by atoms with Gasteiger partial charge in [-0.25, -0.2) is 9.00 Å². The number of aliphatic hydroxyl groups excluding tert-OH is 2. The van der Waals surface area contributed by atoms with Crippen molar-refractivity contribution in [2.24, 2.45) is 5.92 Å². The van der Waals surface area contributed by atoms with Gasteiger partial charge in [0.15, 0.2) is 15.6 Å². The SMILES string of the molecule is C[C@@H]1OC(=O)c2c(O)cc(NS(C)(=O)(O)O)cc2/C=C/C[C@H](O)[C@H](O)C(=O)/C=C\[C@@H]1C. The Hall–Kier alpha value is -2.57. The first kappa shape index (κ1) is 24.7. The van der Waals surface area contributed by atoms with Gasteiger partial charge in [0.25, 0.3) is 0 Å². The van der Waals surface area contributed by atoms with Crippen molar-refractivity contribution >= 4 is 33.3 Å². The van der Waals surface area contributed by atoms with E-state index in [2.05, 4.69) is 0 Å². The molecule has 0 bridgehead atoms. The fourth-order valence-corrected chi connectivity index (χ4v) is 3.48. The first-order valence-electron chi connectivity index (χ1n) is 9.39. The number of nitrogens with one attached hydrogen (secondary N) is 1. The monoisotopic (exact) mass is 457 g/mol. The van der Waals surface area contributed by atoms with Crippen LogP contribution in [-0.2, 0) is 19.3 Å². The van der Waals surface area contributed by atoms with Crippen LogP contribution in [0.3, 0.4) is 0 Å². The predicted octanol–water partition coefficient (Wildman–Crippen LogP) is 1.56. The van der Waals surface area contributed by atoms with Gasteiger partial charge in [-0.05, 0) is 31.1 Å². The van der Waals surface area contributed by atoms with Crippen molar-refractivity contribution in [2.45, 2.75) is 38.6 Å². The fraction of sp³-hybridized carbons (Fsp3) is 0.400. The number of carbonyl (C=O) groups excluding carboxylic acids is 2. The second kappa shape index (κ2) is 8.89. The molecule has 0 unspecified atom stereocenters. The van der Waals surface area contributed by atoms with Crippen molar-refractivity contribution in [1.82, 2.24) is 0 Å². The van der Waals surface area contributed by atoms with Crippen molar-refractivity contribution in [1.29, 1.82) is 0 Å². The van der Waals surface area contributed by atoms with Gasteiger partial charge in [0.05, 0.1) is 18.0 Å². The largest absolute Gasteiger partial charge is 0.507 e. The van der Waals surface area contributed by atoms with Gasteiger partial charge >= 0.3 is 5.97 Å². The summed E-state index contributed by atoms with van der Waals surface area (Å²) in [7, 11) is -5.18. The number of aromatic hydroxyl groups is 1. The van der Waals surface area contributed by atoms with Crippen LogP contribution in [0.4, 0.5) is 5.69 Å². The molecule has 0 spiro atoms. The van der Waals surface area contributed by atoms with Crippen molar-refractivity contribution < 1.29 is 43.0 Å². The van der Waals surface area contributed by atoms with E-state index in [-0.39, 0.29) is 23.2 Å². The van der Waals surface area contributed by atoms with Crippen LogP contribution in [0.15, 0.2) is 30.4 Å². The zero-order valence-electron chi connectivity index (χ0n) is 17.3. The molecule has 0 amide bonds. The summed E-state index contributed by atoms with van der Waals surface area (Å²) in [6.45, 7) is 3.25. The number of aliphatic hydroxyl groups is 2. The molecule has 2 rings (SSSR count). The molecule has 4 atom stereocenters. The highest BCUT2D eigenvalue weighted by atomic mass is 32.3. The van der Waals surface area contributed by atoms with Gasteiger partial charge in [-0.1, -0.05) is 25.2 Å². The van der Waals surface area contributed by atoms with E-state index >= 15 is 0 Å². The lowest BCUT2D eigenvalue weighted by Gasteiger charge is -2.28. The Balaban J connectivity index is 2.56. The van der Waals surface area contributed by atoms with Crippen LogP contribution < -0.4 is 4.72 Å². The third kappa shape index (κ3) is 6.97. The molecule has 11 heteroatoms. The number of fused-ring (bicyclic) bond motifs is 1. The van der Waals surface area contributed by atoms with Crippen molar-refractivity contribution in [3.8, 4) is 5.75 Å². The minimum atomic E-state index is -5.18. The van der Waals surface area contributed by atoms with Gasteiger partial charge in [0.2, 0.25) is 0 Å². The zero-order valence-corrected chi connectivity index (χ0v) is 18.1. The number of carbonyl (C=O) groups is 2. The molecular weight excluding hydrogens is 430 g/mol. The van der Waals surface area contributed by atoms with E-state index in [0.29, 0.717) is 6.26 Å². The summed E-state index contributed by atoms with van der Waals surface area (Å²) in [5, 5.41) is 30.4. The fourth-order valence-electron chi connectivity index (χ4n) is 2.82.